The van der Waals surface area contributed by atoms with Crippen molar-refractivity contribution >= 4 is 5.82 Å². The molecule has 0 radical (unpaired) electrons. The van der Waals surface area contributed by atoms with Gasteiger partial charge in [0.25, 0.3) is 0 Å². The number of nitrogens with one attached hydrogen (secondary N) is 1. The Morgan fingerprint density at radius 1 is 1.33 bits per heavy atom. The molecule has 2 rings (SSSR count). The third kappa shape index (κ3) is 4.68. The van der Waals surface area contributed by atoms with E-state index < -0.39 is 0 Å². The van der Waals surface area contributed by atoms with Gasteiger partial charge in [-0.2, -0.15) is 0 Å². The van der Waals surface area contributed by atoms with Gasteiger partial charge in [0.2, 0.25) is 0 Å². The summed E-state index contributed by atoms with van der Waals surface area (Å²) in [5.41, 5.74) is 2.44. The second-order valence-electron chi connectivity index (χ2n) is 6.32. The van der Waals surface area contributed by atoms with Gasteiger partial charge >= 0.3 is 0 Å². The van der Waals surface area contributed by atoms with Gasteiger partial charge in [0.1, 0.15) is 5.82 Å². The molecule has 1 fully saturated rings. The lowest BCUT2D eigenvalue weighted by Gasteiger charge is -2.32. The zero-order chi connectivity index (χ0) is 15.2. The average molecular weight is 290 g/mol. The van der Waals surface area contributed by atoms with E-state index in [2.05, 4.69) is 55.2 Å². The van der Waals surface area contributed by atoms with Crippen molar-refractivity contribution < 1.29 is 0 Å². The first kappa shape index (κ1) is 16.2. The van der Waals surface area contributed by atoms with Gasteiger partial charge in [-0.15, -0.1) is 0 Å². The van der Waals surface area contributed by atoms with E-state index in [1.165, 1.54) is 31.5 Å². The van der Waals surface area contributed by atoms with E-state index >= 15 is 0 Å². The van der Waals surface area contributed by atoms with Crippen LogP contribution in [0.4, 0.5) is 5.82 Å². The first-order valence-electron chi connectivity index (χ1n) is 8.17. The van der Waals surface area contributed by atoms with Gasteiger partial charge in [-0.25, -0.2) is 4.98 Å². The number of pyridine rings is 1. The van der Waals surface area contributed by atoms with E-state index in [1.807, 2.05) is 0 Å². The van der Waals surface area contributed by atoms with Gasteiger partial charge < -0.3 is 15.1 Å². The number of rotatable bonds is 6. The van der Waals surface area contributed by atoms with Crippen LogP contribution in [0.1, 0.15) is 31.0 Å². The summed E-state index contributed by atoms with van der Waals surface area (Å²) >= 11 is 0. The van der Waals surface area contributed by atoms with E-state index in [0.29, 0.717) is 0 Å². The Kier molecular flexibility index (Phi) is 6.00. The van der Waals surface area contributed by atoms with Crippen molar-refractivity contribution in [2.45, 2.75) is 33.2 Å². The maximum Gasteiger partial charge on any atom is 0.128 e. The van der Waals surface area contributed by atoms with Crippen molar-refractivity contribution in [1.82, 2.24) is 15.2 Å². The zero-order valence-corrected chi connectivity index (χ0v) is 14.0. The maximum absolute atomic E-state index is 4.78. The van der Waals surface area contributed by atoms with Crippen molar-refractivity contribution in [3.8, 4) is 0 Å². The van der Waals surface area contributed by atoms with Crippen LogP contribution in [0.2, 0.25) is 0 Å². The van der Waals surface area contributed by atoms with Crippen LogP contribution in [-0.4, -0.2) is 50.2 Å². The summed E-state index contributed by atoms with van der Waals surface area (Å²) in [4.78, 5) is 9.53. The lowest BCUT2D eigenvalue weighted by atomic mass is 9.97. The Bertz CT molecular complexity index is 438. The van der Waals surface area contributed by atoms with Crippen molar-refractivity contribution in [3.63, 3.8) is 0 Å². The van der Waals surface area contributed by atoms with Crippen LogP contribution in [0.25, 0.3) is 0 Å². The van der Waals surface area contributed by atoms with E-state index in [1.54, 1.807) is 0 Å². The quantitative estimate of drug-likeness (QED) is 0.871. The molecular formula is C17H30N4. The number of likely N-dealkylation sites (tertiary alicyclic amines) is 1. The van der Waals surface area contributed by atoms with Crippen molar-refractivity contribution in [3.05, 3.63) is 23.4 Å². The molecule has 0 saturated carbocycles. The smallest absolute Gasteiger partial charge is 0.128 e. The fraction of sp³-hybridized carbons (Fsp3) is 0.706. The molecule has 1 N–H and O–H groups in total. The van der Waals surface area contributed by atoms with Gasteiger partial charge in [0, 0.05) is 25.8 Å². The minimum absolute atomic E-state index is 0.801. The molecule has 1 saturated heterocycles. The van der Waals surface area contributed by atoms with Crippen LogP contribution < -0.4 is 10.2 Å². The molecule has 0 aromatic carbocycles. The fourth-order valence-electron chi connectivity index (χ4n) is 2.96. The summed E-state index contributed by atoms with van der Waals surface area (Å²) in [5, 5.41) is 3.37. The van der Waals surface area contributed by atoms with Crippen LogP contribution >= 0.6 is 0 Å². The summed E-state index contributed by atoms with van der Waals surface area (Å²) in [6.07, 6.45) is 2.61. The Morgan fingerprint density at radius 3 is 2.67 bits per heavy atom. The van der Waals surface area contributed by atoms with Crippen LogP contribution in [0, 0.1) is 12.8 Å². The van der Waals surface area contributed by atoms with Gasteiger partial charge in [-0.1, -0.05) is 13.0 Å². The predicted molar refractivity (Wildman–Crippen MR) is 89.8 cm³/mol. The minimum atomic E-state index is 0.801. The number of piperidine rings is 1. The number of hydrogen-bond donors (Lipinski definition) is 1. The largest absolute Gasteiger partial charge is 0.359 e. The molecular weight excluding hydrogens is 260 g/mol. The highest BCUT2D eigenvalue weighted by atomic mass is 15.2. The van der Waals surface area contributed by atoms with Crippen LogP contribution in [0.3, 0.4) is 0 Å². The molecule has 0 aliphatic carbocycles. The second-order valence-corrected chi connectivity index (χ2v) is 6.32. The standard InChI is InChI=1S/C17H30N4/c1-5-18-12-16-6-7-17(19-14(16)2)21(4)13-15-8-10-20(3)11-9-15/h6-7,15,18H,5,8-13H2,1-4H3. The lowest BCUT2D eigenvalue weighted by molar-refractivity contribution is 0.222. The van der Waals surface area contributed by atoms with Crippen molar-refractivity contribution in [2.24, 2.45) is 5.92 Å². The Labute approximate surface area is 129 Å². The molecule has 1 aromatic heterocycles. The molecule has 0 bridgehead atoms. The molecule has 1 aliphatic heterocycles. The number of aromatic nitrogens is 1. The first-order valence-corrected chi connectivity index (χ1v) is 8.17. The van der Waals surface area contributed by atoms with Gasteiger partial charge in [0.15, 0.2) is 0 Å². The lowest BCUT2D eigenvalue weighted by Crippen LogP contribution is -2.36. The molecule has 118 valence electrons. The summed E-state index contributed by atoms with van der Waals surface area (Å²) in [5.74, 6) is 1.90. The molecule has 4 nitrogen and oxygen atoms in total. The van der Waals surface area contributed by atoms with Crippen molar-refractivity contribution in [1.29, 1.82) is 0 Å². The Balaban J connectivity index is 1.92. The highest BCUT2D eigenvalue weighted by Crippen LogP contribution is 2.20. The third-order valence-corrected chi connectivity index (χ3v) is 4.51. The third-order valence-electron chi connectivity index (χ3n) is 4.51. The maximum atomic E-state index is 4.78. The number of nitrogens with zero attached hydrogens (tertiary/aromatic N) is 3. The van der Waals surface area contributed by atoms with Crippen molar-refractivity contribution in [2.75, 3.05) is 45.2 Å². The predicted octanol–water partition coefficient (Wildman–Crippen LogP) is 2.28. The molecule has 4 heteroatoms. The van der Waals surface area contributed by atoms with E-state index in [0.717, 1.165) is 37.1 Å². The first-order chi connectivity index (χ1) is 10.1. The van der Waals surface area contributed by atoms with Crippen LogP contribution in [0.15, 0.2) is 12.1 Å². The molecule has 1 aliphatic rings. The molecule has 0 spiro atoms. The summed E-state index contributed by atoms with van der Waals surface area (Å²) in [7, 11) is 4.39. The number of anilines is 1. The molecule has 0 atom stereocenters. The zero-order valence-electron chi connectivity index (χ0n) is 14.0. The highest BCUT2D eigenvalue weighted by molar-refractivity contribution is 5.41. The van der Waals surface area contributed by atoms with Gasteiger partial charge in [0.05, 0.1) is 0 Å². The number of hydrogen-bond acceptors (Lipinski definition) is 4. The molecule has 1 aromatic rings. The summed E-state index contributed by atoms with van der Waals surface area (Å²) < 4.78 is 0. The van der Waals surface area contributed by atoms with E-state index in [-0.39, 0.29) is 0 Å². The summed E-state index contributed by atoms with van der Waals surface area (Å²) in [6, 6.07) is 4.38. The monoisotopic (exact) mass is 290 g/mol. The minimum Gasteiger partial charge on any atom is -0.359 e. The molecule has 0 unspecified atom stereocenters. The van der Waals surface area contributed by atoms with Crippen LogP contribution in [0.5, 0.6) is 0 Å². The topological polar surface area (TPSA) is 31.4 Å². The van der Waals surface area contributed by atoms with E-state index in [4.69, 9.17) is 4.98 Å². The van der Waals surface area contributed by atoms with Crippen LogP contribution in [-0.2, 0) is 6.54 Å². The van der Waals surface area contributed by atoms with Gasteiger partial charge in [-0.05, 0) is 64.0 Å². The molecule has 21 heavy (non-hydrogen) atoms. The second kappa shape index (κ2) is 7.76. The normalized spacial score (nSPS) is 17.1. The molecule has 2 heterocycles. The highest BCUT2D eigenvalue weighted by Gasteiger charge is 2.18. The van der Waals surface area contributed by atoms with Gasteiger partial charge in [-0.3, -0.25) is 0 Å². The summed E-state index contributed by atoms with van der Waals surface area (Å²) in [6.45, 7) is 9.73. The SMILES string of the molecule is CCNCc1ccc(N(C)CC2CCN(C)CC2)nc1C. The average Bonchev–Trinajstić information content (AvgIpc) is 2.48. The Morgan fingerprint density at radius 2 is 2.05 bits per heavy atom. The fourth-order valence-corrected chi connectivity index (χ4v) is 2.96. The van der Waals surface area contributed by atoms with E-state index in [9.17, 15) is 0 Å². The Hall–Kier alpha value is -1.13. The number of aryl methyl sites for hydroxylation is 1. The molecule has 0 amide bonds.